The number of hydrogen-bond acceptors (Lipinski definition) is 3. The first-order valence-corrected chi connectivity index (χ1v) is 20.7. The number of furan rings is 2. The summed E-state index contributed by atoms with van der Waals surface area (Å²) in [5.74, 6) is 0. The number of fused-ring (bicyclic) bond motifs is 9. The smallest absolute Gasteiger partial charge is 0.136 e. The van der Waals surface area contributed by atoms with Crippen molar-refractivity contribution in [3.63, 3.8) is 0 Å². The molecular weight excluding hydrogens is 731 g/mol. The maximum Gasteiger partial charge on any atom is 0.136 e. The molecule has 9 aromatic carbocycles. The molecule has 2 aromatic heterocycles. The van der Waals surface area contributed by atoms with Crippen LogP contribution in [-0.2, 0) is 5.41 Å². The SMILES string of the molecule is CC1(C)c2ccccc2-c2ccc(N(c3ccccc3-c3ccc4c(c3)oc3ccccc34)c3ccc4oc5ccccc5c4c3-c3cccc(-c4ccccc4)c3)cc21. The van der Waals surface area contributed by atoms with Crippen LogP contribution in [-0.4, -0.2) is 0 Å². The van der Waals surface area contributed by atoms with Gasteiger partial charge in [-0.15, -0.1) is 0 Å². The van der Waals surface area contributed by atoms with Gasteiger partial charge in [-0.25, -0.2) is 0 Å². The first kappa shape index (κ1) is 34.4. The van der Waals surface area contributed by atoms with E-state index >= 15 is 0 Å². The van der Waals surface area contributed by atoms with Crippen LogP contribution in [0.15, 0.2) is 209 Å². The van der Waals surface area contributed by atoms with E-state index in [9.17, 15) is 0 Å². The zero-order valence-electron chi connectivity index (χ0n) is 33.3. The molecule has 12 rings (SSSR count). The second-order valence-electron chi connectivity index (χ2n) is 16.4. The van der Waals surface area contributed by atoms with E-state index < -0.39 is 0 Å². The van der Waals surface area contributed by atoms with E-state index in [1.165, 1.54) is 27.8 Å². The normalized spacial score (nSPS) is 13.0. The number of nitrogens with zero attached hydrogens (tertiary/aromatic N) is 1. The Morgan fingerprint density at radius 2 is 1.02 bits per heavy atom. The summed E-state index contributed by atoms with van der Waals surface area (Å²) in [7, 11) is 0. The summed E-state index contributed by atoms with van der Waals surface area (Å²) in [5, 5.41) is 4.41. The molecule has 0 atom stereocenters. The molecule has 3 heteroatoms. The van der Waals surface area contributed by atoms with Crippen LogP contribution in [0.25, 0.3) is 88.4 Å². The summed E-state index contributed by atoms with van der Waals surface area (Å²) in [5.41, 5.74) is 18.5. The molecule has 0 radical (unpaired) electrons. The topological polar surface area (TPSA) is 29.5 Å². The van der Waals surface area contributed by atoms with Crippen molar-refractivity contribution in [3.8, 4) is 44.5 Å². The third kappa shape index (κ3) is 5.22. The summed E-state index contributed by atoms with van der Waals surface area (Å²) in [6.45, 7) is 4.71. The van der Waals surface area contributed by atoms with E-state index in [0.29, 0.717) is 0 Å². The quantitative estimate of drug-likeness (QED) is 0.169. The van der Waals surface area contributed by atoms with Gasteiger partial charge in [-0.05, 0) is 105 Å². The fraction of sp³-hybridized carbons (Fsp3) is 0.0526. The number of hydrogen-bond donors (Lipinski definition) is 0. The van der Waals surface area contributed by atoms with Gasteiger partial charge in [0.05, 0.1) is 11.4 Å². The molecule has 0 bridgehead atoms. The Labute approximate surface area is 348 Å². The van der Waals surface area contributed by atoms with E-state index in [1.807, 2.05) is 18.2 Å². The number of anilines is 3. The van der Waals surface area contributed by atoms with Gasteiger partial charge < -0.3 is 13.7 Å². The molecular formula is C57H39NO2. The van der Waals surface area contributed by atoms with Crippen LogP contribution in [0.2, 0.25) is 0 Å². The summed E-state index contributed by atoms with van der Waals surface area (Å²) in [4.78, 5) is 2.48. The van der Waals surface area contributed by atoms with E-state index in [-0.39, 0.29) is 5.41 Å². The molecule has 0 amide bonds. The van der Waals surface area contributed by atoms with Crippen molar-refractivity contribution >= 4 is 60.9 Å². The van der Waals surface area contributed by atoms with Crippen LogP contribution < -0.4 is 4.90 Å². The summed E-state index contributed by atoms with van der Waals surface area (Å²) >= 11 is 0. The molecule has 0 saturated heterocycles. The minimum absolute atomic E-state index is 0.184. The van der Waals surface area contributed by atoms with Gasteiger partial charge in [0, 0.05) is 43.8 Å². The lowest BCUT2D eigenvalue weighted by Crippen LogP contribution is -2.17. The van der Waals surface area contributed by atoms with Crippen LogP contribution in [0.3, 0.4) is 0 Å². The van der Waals surface area contributed by atoms with E-state index in [2.05, 4.69) is 201 Å². The standard InChI is InChI=1S/C57H39NO2/c1-57(2)47-23-10-6-20-42(47)43-30-28-40(35-48(43)57)58(49-24-11-7-19-41(49)38-27-29-45-44-21-8-12-25-51(44)60-54(45)34-38)50-31-32-53-56(46-22-9-13-26-52(46)59-53)55(50)39-18-14-17-37(33-39)36-15-4-3-5-16-36/h3-35H,1-2H3. The van der Waals surface area contributed by atoms with E-state index in [0.717, 1.165) is 88.8 Å². The minimum Gasteiger partial charge on any atom is -0.456 e. The van der Waals surface area contributed by atoms with Gasteiger partial charge in [0.2, 0.25) is 0 Å². The summed E-state index contributed by atoms with van der Waals surface area (Å²) in [6, 6.07) is 72.0. The Bertz CT molecular complexity index is 3480. The Kier molecular flexibility index (Phi) is 7.58. The lowest BCUT2D eigenvalue weighted by atomic mass is 9.82. The fourth-order valence-electron chi connectivity index (χ4n) is 9.81. The first-order valence-electron chi connectivity index (χ1n) is 20.7. The highest BCUT2D eigenvalue weighted by molar-refractivity contribution is 6.17. The first-order chi connectivity index (χ1) is 29.5. The van der Waals surface area contributed by atoms with Crippen molar-refractivity contribution < 1.29 is 8.83 Å². The predicted molar refractivity (Wildman–Crippen MR) is 250 cm³/mol. The molecule has 0 fully saturated rings. The molecule has 11 aromatic rings. The van der Waals surface area contributed by atoms with Crippen LogP contribution in [0.5, 0.6) is 0 Å². The van der Waals surface area contributed by atoms with Gasteiger partial charge in [0.1, 0.15) is 22.3 Å². The van der Waals surface area contributed by atoms with Crippen molar-refractivity contribution in [2.45, 2.75) is 19.3 Å². The third-order valence-corrected chi connectivity index (χ3v) is 12.7. The molecule has 284 valence electrons. The average molecular weight is 770 g/mol. The second kappa shape index (κ2) is 13.2. The molecule has 60 heavy (non-hydrogen) atoms. The molecule has 1 aliphatic carbocycles. The number of benzene rings is 9. The van der Waals surface area contributed by atoms with Crippen LogP contribution in [0.4, 0.5) is 17.1 Å². The van der Waals surface area contributed by atoms with Crippen LogP contribution in [0, 0.1) is 0 Å². The molecule has 0 aliphatic heterocycles. The molecule has 1 aliphatic rings. The highest BCUT2D eigenvalue weighted by Gasteiger charge is 2.36. The Morgan fingerprint density at radius 3 is 1.88 bits per heavy atom. The van der Waals surface area contributed by atoms with Crippen molar-refractivity contribution in [3.05, 3.63) is 211 Å². The summed E-state index contributed by atoms with van der Waals surface area (Å²) in [6.07, 6.45) is 0. The van der Waals surface area contributed by atoms with Crippen molar-refractivity contribution in [1.82, 2.24) is 0 Å². The highest BCUT2D eigenvalue weighted by atomic mass is 16.3. The fourth-order valence-corrected chi connectivity index (χ4v) is 9.81. The molecule has 0 unspecified atom stereocenters. The van der Waals surface area contributed by atoms with Crippen molar-refractivity contribution in [2.24, 2.45) is 0 Å². The van der Waals surface area contributed by atoms with Gasteiger partial charge in [-0.3, -0.25) is 0 Å². The molecule has 2 heterocycles. The monoisotopic (exact) mass is 769 g/mol. The average Bonchev–Trinajstić information content (AvgIpc) is 3.94. The Morgan fingerprint density at radius 1 is 0.367 bits per heavy atom. The van der Waals surface area contributed by atoms with Crippen molar-refractivity contribution in [2.75, 3.05) is 4.90 Å². The van der Waals surface area contributed by atoms with E-state index in [1.54, 1.807) is 0 Å². The Balaban J connectivity index is 1.16. The summed E-state index contributed by atoms with van der Waals surface area (Å²) < 4.78 is 13.1. The molecule has 0 N–H and O–H groups in total. The lowest BCUT2D eigenvalue weighted by Gasteiger charge is -2.31. The van der Waals surface area contributed by atoms with Gasteiger partial charge in [0.15, 0.2) is 0 Å². The van der Waals surface area contributed by atoms with Crippen molar-refractivity contribution in [1.29, 1.82) is 0 Å². The number of para-hydroxylation sites is 3. The highest BCUT2D eigenvalue weighted by Crippen LogP contribution is 2.53. The zero-order valence-corrected chi connectivity index (χ0v) is 33.3. The van der Waals surface area contributed by atoms with Crippen LogP contribution >= 0.6 is 0 Å². The number of rotatable bonds is 6. The zero-order chi connectivity index (χ0) is 40.0. The van der Waals surface area contributed by atoms with Gasteiger partial charge in [-0.1, -0.05) is 153 Å². The van der Waals surface area contributed by atoms with Gasteiger partial charge in [-0.2, -0.15) is 0 Å². The van der Waals surface area contributed by atoms with Gasteiger partial charge in [0.25, 0.3) is 0 Å². The minimum atomic E-state index is -0.184. The Hall–Kier alpha value is -7.62. The molecule has 3 nitrogen and oxygen atoms in total. The largest absolute Gasteiger partial charge is 0.456 e. The maximum atomic E-state index is 6.63. The second-order valence-corrected chi connectivity index (χ2v) is 16.4. The molecule has 0 spiro atoms. The third-order valence-electron chi connectivity index (χ3n) is 12.7. The lowest BCUT2D eigenvalue weighted by molar-refractivity contribution is 0.660. The van der Waals surface area contributed by atoms with Gasteiger partial charge >= 0.3 is 0 Å². The maximum absolute atomic E-state index is 6.63. The molecule has 0 saturated carbocycles. The van der Waals surface area contributed by atoms with Crippen LogP contribution in [0.1, 0.15) is 25.0 Å². The van der Waals surface area contributed by atoms with E-state index in [4.69, 9.17) is 8.83 Å². The predicted octanol–water partition coefficient (Wildman–Crippen LogP) is 16.3.